The number of hydrogen-bond acceptors (Lipinski definition) is 4. The maximum absolute atomic E-state index is 12.6. The largest absolute Gasteiger partial charge is 0.416 e. The molecular formula is C13H14F3N3O. The molecule has 0 aliphatic rings. The molecule has 0 atom stereocenters. The molecule has 2 aromatic rings. The number of benzene rings is 1. The van der Waals surface area contributed by atoms with Gasteiger partial charge in [-0.05, 0) is 24.1 Å². The van der Waals surface area contributed by atoms with Crippen LogP contribution in [0.5, 0.6) is 0 Å². The molecule has 7 heteroatoms. The van der Waals surface area contributed by atoms with Gasteiger partial charge in [-0.25, -0.2) is 0 Å². The highest BCUT2D eigenvalue weighted by Gasteiger charge is 2.30. The lowest BCUT2D eigenvalue weighted by atomic mass is 10.1. The second-order valence-corrected chi connectivity index (χ2v) is 4.32. The number of hydrogen-bond donors (Lipinski definition) is 1. The van der Waals surface area contributed by atoms with E-state index in [2.05, 4.69) is 15.5 Å². The average Bonchev–Trinajstić information content (AvgIpc) is 2.84. The highest BCUT2D eigenvalue weighted by Crippen LogP contribution is 2.29. The van der Waals surface area contributed by atoms with Gasteiger partial charge in [-0.15, -0.1) is 0 Å². The molecule has 0 spiro atoms. The summed E-state index contributed by atoms with van der Waals surface area (Å²) in [5, 5.41) is 6.56. The third-order valence-electron chi connectivity index (χ3n) is 2.64. The molecule has 0 saturated carbocycles. The van der Waals surface area contributed by atoms with Gasteiger partial charge >= 0.3 is 12.2 Å². The van der Waals surface area contributed by atoms with Crippen LogP contribution in [-0.2, 0) is 19.1 Å². The van der Waals surface area contributed by atoms with Gasteiger partial charge in [-0.3, -0.25) is 0 Å². The van der Waals surface area contributed by atoms with Crippen molar-refractivity contribution in [3.63, 3.8) is 0 Å². The first-order valence-corrected chi connectivity index (χ1v) is 6.21. The second kappa shape index (κ2) is 5.94. The van der Waals surface area contributed by atoms with E-state index < -0.39 is 11.7 Å². The number of halogens is 3. The summed E-state index contributed by atoms with van der Waals surface area (Å²) in [7, 11) is 0. The van der Waals surface area contributed by atoms with E-state index >= 15 is 0 Å². The van der Waals surface area contributed by atoms with Gasteiger partial charge in [0.2, 0.25) is 0 Å². The number of aryl methyl sites for hydroxylation is 1. The molecule has 1 aromatic carbocycles. The summed E-state index contributed by atoms with van der Waals surface area (Å²) in [4.78, 5) is 4.08. The fourth-order valence-electron chi connectivity index (χ4n) is 1.69. The Hall–Kier alpha value is -2.05. The molecule has 1 aromatic heterocycles. The number of nitrogens with one attached hydrogen (secondary N) is 1. The van der Waals surface area contributed by atoms with Crippen LogP contribution < -0.4 is 5.32 Å². The number of nitrogens with zero attached hydrogens (tertiary/aromatic N) is 2. The third kappa shape index (κ3) is 3.72. The van der Waals surface area contributed by atoms with E-state index in [1.54, 1.807) is 6.07 Å². The molecule has 1 heterocycles. The lowest BCUT2D eigenvalue weighted by molar-refractivity contribution is -0.137. The van der Waals surface area contributed by atoms with E-state index in [0.717, 1.165) is 18.6 Å². The van der Waals surface area contributed by atoms with Gasteiger partial charge < -0.3 is 9.84 Å². The van der Waals surface area contributed by atoms with Crippen LogP contribution in [0.15, 0.2) is 28.8 Å². The summed E-state index contributed by atoms with van der Waals surface area (Å²) < 4.78 is 42.6. The molecular weight excluding hydrogens is 271 g/mol. The minimum absolute atomic E-state index is 0.192. The van der Waals surface area contributed by atoms with Crippen molar-refractivity contribution in [1.29, 1.82) is 0 Å². The minimum atomic E-state index is -4.34. The van der Waals surface area contributed by atoms with Crippen LogP contribution in [-0.4, -0.2) is 10.1 Å². The van der Waals surface area contributed by atoms with Crippen molar-refractivity contribution in [2.75, 3.05) is 5.32 Å². The predicted molar refractivity (Wildman–Crippen MR) is 67.1 cm³/mol. The molecule has 1 N–H and O–H groups in total. The van der Waals surface area contributed by atoms with Crippen LogP contribution >= 0.6 is 0 Å². The first-order chi connectivity index (χ1) is 9.49. The van der Waals surface area contributed by atoms with E-state index in [0.29, 0.717) is 17.8 Å². The van der Waals surface area contributed by atoms with Gasteiger partial charge in [-0.2, -0.15) is 18.2 Å². The Labute approximate surface area is 114 Å². The molecule has 0 saturated heterocycles. The van der Waals surface area contributed by atoms with Crippen molar-refractivity contribution < 1.29 is 17.7 Å². The smallest absolute Gasteiger partial charge is 0.334 e. The zero-order valence-corrected chi connectivity index (χ0v) is 10.9. The standard InChI is InChI=1S/C13H14F3N3O/c1-2-4-11-18-12(20-19-11)17-8-9-5-3-6-10(7-9)13(14,15)16/h3,5-7H,2,4,8H2,1H3,(H,17,18,19). The molecule has 0 aliphatic carbocycles. The van der Waals surface area contributed by atoms with Gasteiger partial charge in [0.05, 0.1) is 5.56 Å². The van der Waals surface area contributed by atoms with Crippen LogP contribution in [0, 0.1) is 0 Å². The van der Waals surface area contributed by atoms with Gasteiger partial charge in [-0.1, -0.05) is 24.2 Å². The van der Waals surface area contributed by atoms with Gasteiger partial charge in [0, 0.05) is 13.0 Å². The zero-order chi connectivity index (χ0) is 14.6. The third-order valence-corrected chi connectivity index (χ3v) is 2.64. The summed E-state index contributed by atoms with van der Waals surface area (Å²) >= 11 is 0. The molecule has 0 fully saturated rings. The molecule has 0 radical (unpaired) electrons. The van der Waals surface area contributed by atoms with Crippen LogP contribution in [0.25, 0.3) is 0 Å². The van der Waals surface area contributed by atoms with Crippen LogP contribution in [0.2, 0.25) is 0 Å². The Morgan fingerprint density at radius 3 is 2.80 bits per heavy atom. The Balaban J connectivity index is 1.99. The molecule has 0 unspecified atom stereocenters. The monoisotopic (exact) mass is 285 g/mol. The molecule has 108 valence electrons. The first kappa shape index (κ1) is 14.4. The highest BCUT2D eigenvalue weighted by atomic mass is 19.4. The van der Waals surface area contributed by atoms with Crippen LogP contribution in [0.1, 0.15) is 30.3 Å². The van der Waals surface area contributed by atoms with Crippen molar-refractivity contribution in [3.05, 3.63) is 41.2 Å². The summed E-state index contributed by atoms with van der Waals surface area (Å²) in [6.07, 6.45) is -2.74. The average molecular weight is 285 g/mol. The van der Waals surface area contributed by atoms with E-state index in [-0.39, 0.29) is 12.6 Å². The molecule has 20 heavy (non-hydrogen) atoms. The molecule has 0 amide bonds. The lowest BCUT2D eigenvalue weighted by Crippen LogP contribution is -2.07. The van der Waals surface area contributed by atoms with E-state index in [4.69, 9.17) is 4.52 Å². The van der Waals surface area contributed by atoms with E-state index in [1.165, 1.54) is 6.07 Å². The van der Waals surface area contributed by atoms with Gasteiger partial charge in [0.15, 0.2) is 5.82 Å². The van der Waals surface area contributed by atoms with Gasteiger partial charge in [0.25, 0.3) is 0 Å². The normalized spacial score (nSPS) is 11.6. The fraction of sp³-hybridized carbons (Fsp3) is 0.385. The van der Waals surface area contributed by atoms with Crippen LogP contribution in [0.4, 0.5) is 19.2 Å². The van der Waals surface area contributed by atoms with Crippen molar-refractivity contribution >= 4 is 6.01 Å². The predicted octanol–water partition coefficient (Wildman–Crippen LogP) is 3.65. The van der Waals surface area contributed by atoms with Crippen LogP contribution in [0.3, 0.4) is 0 Å². The number of aromatic nitrogens is 2. The minimum Gasteiger partial charge on any atom is -0.334 e. The van der Waals surface area contributed by atoms with E-state index in [9.17, 15) is 13.2 Å². The highest BCUT2D eigenvalue weighted by molar-refractivity contribution is 5.29. The van der Waals surface area contributed by atoms with E-state index in [1.807, 2.05) is 6.92 Å². The Morgan fingerprint density at radius 1 is 1.30 bits per heavy atom. The Morgan fingerprint density at radius 2 is 2.10 bits per heavy atom. The topological polar surface area (TPSA) is 51.0 Å². The lowest BCUT2D eigenvalue weighted by Gasteiger charge is -2.08. The molecule has 0 aliphatic heterocycles. The number of rotatable bonds is 5. The quantitative estimate of drug-likeness (QED) is 0.911. The molecule has 4 nitrogen and oxygen atoms in total. The zero-order valence-electron chi connectivity index (χ0n) is 10.9. The van der Waals surface area contributed by atoms with Crippen molar-refractivity contribution in [2.24, 2.45) is 0 Å². The maximum Gasteiger partial charge on any atom is 0.416 e. The van der Waals surface area contributed by atoms with Crippen molar-refractivity contribution in [2.45, 2.75) is 32.5 Å². The summed E-state index contributed by atoms with van der Waals surface area (Å²) in [6.45, 7) is 2.18. The molecule has 2 rings (SSSR count). The fourth-order valence-corrected chi connectivity index (χ4v) is 1.69. The van der Waals surface area contributed by atoms with Crippen molar-refractivity contribution in [1.82, 2.24) is 10.1 Å². The SMILES string of the molecule is CCCc1noc(NCc2cccc(C(F)(F)F)c2)n1. The number of alkyl halides is 3. The number of anilines is 1. The Kier molecular flexibility index (Phi) is 4.26. The summed E-state index contributed by atoms with van der Waals surface area (Å²) in [6, 6.07) is 5.32. The molecule has 0 bridgehead atoms. The van der Waals surface area contributed by atoms with Gasteiger partial charge in [0.1, 0.15) is 0 Å². The second-order valence-electron chi connectivity index (χ2n) is 4.32. The summed E-state index contributed by atoms with van der Waals surface area (Å²) in [5.74, 6) is 0.582. The Bertz CT molecular complexity index is 566. The first-order valence-electron chi connectivity index (χ1n) is 6.21. The summed E-state index contributed by atoms with van der Waals surface area (Å²) in [5.41, 5.74) is -0.177. The maximum atomic E-state index is 12.6. The van der Waals surface area contributed by atoms with Crippen molar-refractivity contribution in [3.8, 4) is 0 Å².